The Morgan fingerprint density at radius 1 is 1.25 bits per heavy atom. The summed E-state index contributed by atoms with van der Waals surface area (Å²) in [6.07, 6.45) is 6.08. The van der Waals surface area contributed by atoms with Crippen LogP contribution in [0.3, 0.4) is 0 Å². The third-order valence-electron chi connectivity index (χ3n) is 4.07. The molecule has 1 unspecified atom stereocenters. The summed E-state index contributed by atoms with van der Waals surface area (Å²) in [7, 11) is 0. The van der Waals surface area contributed by atoms with E-state index in [1.165, 1.54) is 31.4 Å². The van der Waals surface area contributed by atoms with E-state index < -0.39 is 0 Å². The maximum atomic E-state index is 5.65. The molecule has 0 spiro atoms. The Labute approximate surface area is 123 Å². The van der Waals surface area contributed by atoms with E-state index in [9.17, 15) is 0 Å². The van der Waals surface area contributed by atoms with Crippen LogP contribution in [0.4, 0.5) is 0 Å². The van der Waals surface area contributed by atoms with Gasteiger partial charge in [0.2, 0.25) is 0 Å². The highest BCUT2D eigenvalue weighted by molar-refractivity contribution is 5.28. The van der Waals surface area contributed by atoms with Gasteiger partial charge in [0.1, 0.15) is 5.75 Å². The minimum absolute atomic E-state index is 0.319. The van der Waals surface area contributed by atoms with Crippen LogP contribution in [0.1, 0.15) is 52.0 Å². The average Bonchev–Trinajstić information content (AvgIpc) is 2.85. The molecule has 0 amide bonds. The molecule has 0 saturated carbocycles. The van der Waals surface area contributed by atoms with Crippen LogP contribution in [-0.4, -0.2) is 18.7 Å². The first-order valence-electron chi connectivity index (χ1n) is 8.10. The molecule has 0 bridgehead atoms. The quantitative estimate of drug-likeness (QED) is 0.806. The third-order valence-corrected chi connectivity index (χ3v) is 4.07. The zero-order valence-corrected chi connectivity index (χ0v) is 13.2. The first-order chi connectivity index (χ1) is 9.63. The molecular formula is C18H29NO. The number of ether oxygens (including phenoxy) is 1. The van der Waals surface area contributed by atoms with Crippen molar-refractivity contribution in [3.8, 4) is 5.75 Å². The van der Waals surface area contributed by atoms with E-state index in [4.69, 9.17) is 4.74 Å². The van der Waals surface area contributed by atoms with E-state index in [0.29, 0.717) is 5.54 Å². The first-order valence-corrected chi connectivity index (χ1v) is 8.10. The number of benzene rings is 1. The molecule has 0 aromatic heterocycles. The molecule has 2 nitrogen and oxygen atoms in total. The van der Waals surface area contributed by atoms with Crippen LogP contribution >= 0.6 is 0 Å². The van der Waals surface area contributed by atoms with Gasteiger partial charge in [-0.15, -0.1) is 0 Å². The van der Waals surface area contributed by atoms with Gasteiger partial charge in [0.05, 0.1) is 6.61 Å². The Balaban J connectivity index is 1.99. The normalized spacial score (nSPS) is 22.4. The Kier molecular flexibility index (Phi) is 5.47. The second-order valence-corrected chi connectivity index (χ2v) is 6.58. The van der Waals surface area contributed by atoms with Gasteiger partial charge in [0.25, 0.3) is 0 Å². The minimum atomic E-state index is 0.319. The molecule has 112 valence electrons. The van der Waals surface area contributed by atoms with Crippen LogP contribution < -0.4 is 10.1 Å². The van der Waals surface area contributed by atoms with Crippen molar-refractivity contribution < 1.29 is 4.74 Å². The molecule has 1 aliphatic rings. The highest BCUT2D eigenvalue weighted by atomic mass is 16.5. The van der Waals surface area contributed by atoms with Gasteiger partial charge in [0.15, 0.2) is 0 Å². The average molecular weight is 275 g/mol. The SMILES string of the molecule is CCCOc1ccc(CC2(CC(C)C)CCCN2)cc1. The van der Waals surface area contributed by atoms with Crippen molar-refractivity contribution in [1.29, 1.82) is 0 Å². The lowest BCUT2D eigenvalue weighted by atomic mass is 9.82. The smallest absolute Gasteiger partial charge is 0.119 e. The summed E-state index contributed by atoms with van der Waals surface area (Å²) < 4.78 is 5.65. The summed E-state index contributed by atoms with van der Waals surface area (Å²) in [4.78, 5) is 0. The molecule has 2 rings (SSSR count). The maximum Gasteiger partial charge on any atom is 0.119 e. The van der Waals surface area contributed by atoms with Crippen molar-refractivity contribution in [2.24, 2.45) is 5.92 Å². The van der Waals surface area contributed by atoms with E-state index in [0.717, 1.165) is 31.1 Å². The Hall–Kier alpha value is -1.02. The lowest BCUT2D eigenvalue weighted by Gasteiger charge is -2.31. The van der Waals surface area contributed by atoms with Gasteiger partial charge in [-0.05, 0) is 62.3 Å². The van der Waals surface area contributed by atoms with E-state index in [-0.39, 0.29) is 0 Å². The highest BCUT2D eigenvalue weighted by Gasteiger charge is 2.33. The second kappa shape index (κ2) is 7.12. The van der Waals surface area contributed by atoms with Crippen molar-refractivity contribution in [2.45, 2.75) is 58.4 Å². The Morgan fingerprint density at radius 3 is 2.55 bits per heavy atom. The molecule has 0 radical (unpaired) electrons. The van der Waals surface area contributed by atoms with Gasteiger partial charge >= 0.3 is 0 Å². The van der Waals surface area contributed by atoms with E-state index in [2.05, 4.69) is 50.4 Å². The lowest BCUT2D eigenvalue weighted by molar-refractivity contribution is 0.300. The summed E-state index contributed by atoms with van der Waals surface area (Å²) in [5.74, 6) is 1.74. The van der Waals surface area contributed by atoms with Crippen molar-refractivity contribution in [3.63, 3.8) is 0 Å². The first kappa shape index (κ1) is 15.4. The zero-order chi connectivity index (χ0) is 14.4. The number of hydrogen-bond donors (Lipinski definition) is 1. The van der Waals surface area contributed by atoms with Crippen molar-refractivity contribution in [3.05, 3.63) is 29.8 Å². The standard InChI is InChI=1S/C18H29NO/c1-4-12-20-17-8-6-16(7-9-17)14-18(13-15(2)3)10-5-11-19-18/h6-9,15,19H,4-5,10-14H2,1-3H3. The summed E-state index contributed by atoms with van der Waals surface area (Å²) in [5.41, 5.74) is 1.74. The summed E-state index contributed by atoms with van der Waals surface area (Å²) in [6, 6.07) is 8.69. The molecule has 2 heteroatoms. The number of rotatable bonds is 7. The largest absolute Gasteiger partial charge is 0.494 e. The molecular weight excluding hydrogens is 246 g/mol. The monoisotopic (exact) mass is 275 g/mol. The van der Waals surface area contributed by atoms with Gasteiger partial charge < -0.3 is 10.1 Å². The molecule has 1 fully saturated rings. The topological polar surface area (TPSA) is 21.3 Å². The molecule has 1 aromatic carbocycles. The zero-order valence-electron chi connectivity index (χ0n) is 13.2. The van der Waals surface area contributed by atoms with Crippen LogP contribution in [0.25, 0.3) is 0 Å². The highest BCUT2D eigenvalue weighted by Crippen LogP contribution is 2.31. The van der Waals surface area contributed by atoms with Crippen molar-refractivity contribution >= 4 is 0 Å². The van der Waals surface area contributed by atoms with Gasteiger partial charge in [-0.3, -0.25) is 0 Å². The molecule has 1 aromatic rings. The number of nitrogens with one attached hydrogen (secondary N) is 1. The van der Waals surface area contributed by atoms with Crippen LogP contribution in [0.2, 0.25) is 0 Å². The van der Waals surface area contributed by atoms with Crippen LogP contribution in [0.15, 0.2) is 24.3 Å². The van der Waals surface area contributed by atoms with Gasteiger partial charge in [0, 0.05) is 5.54 Å². The van der Waals surface area contributed by atoms with Crippen LogP contribution in [0.5, 0.6) is 5.75 Å². The van der Waals surface area contributed by atoms with Crippen molar-refractivity contribution in [2.75, 3.05) is 13.2 Å². The summed E-state index contributed by atoms with van der Waals surface area (Å²) in [5, 5.41) is 3.77. The predicted molar refractivity (Wildman–Crippen MR) is 85.4 cm³/mol. The fourth-order valence-electron chi connectivity index (χ4n) is 3.36. The fourth-order valence-corrected chi connectivity index (χ4v) is 3.36. The molecule has 1 heterocycles. The summed E-state index contributed by atoms with van der Waals surface area (Å²) >= 11 is 0. The van der Waals surface area contributed by atoms with Gasteiger partial charge in [-0.2, -0.15) is 0 Å². The molecule has 1 N–H and O–H groups in total. The second-order valence-electron chi connectivity index (χ2n) is 6.58. The Morgan fingerprint density at radius 2 is 2.00 bits per heavy atom. The van der Waals surface area contributed by atoms with Gasteiger partial charge in [-0.25, -0.2) is 0 Å². The van der Waals surface area contributed by atoms with Crippen LogP contribution in [-0.2, 0) is 6.42 Å². The molecule has 1 saturated heterocycles. The number of hydrogen-bond acceptors (Lipinski definition) is 2. The van der Waals surface area contributed by atoms with E-state index >= 15 is 0 Å². The fraction of sp³-hybridized carbons (Fsp3) is 0.667. The van der Waals surface area contributed by atoms with E-state index in [1.807, 2.05) is 0 Å². The van der Waals surface area contributed by atoms with Crippen molar-refractivity contribution in [1.82, 2.24) is 5.32 Å². The van der Waals surface area contributed by atoms with E-state index in [1.54, 1.807) is 0 Å². The minimum Gasteiger partial charge on any atom is -0.494 e. The lowest BCUT2D eigenvalue weighted by Crippen LogP contribution is -2.43. The molecule has 1 aliphatic heterocycles. The Bertz CT molecular complexity index is 390. The predicted octanol–water partition coefficient (Wildman–Crippen LogP) is 4.19. The molecule has 1 atom stereocenters. The summed E-state index contributed by atoms with van der Waals surface area (Å²) in [6.45, 7) is 8.76. The maximum absolute atomic E-state index is 5.65. The molecule has 0 aliphatic carbocycles. The molecule has 20 heavy (non-hydrogen) atoms. The van der Waals surface area contributed by atoms with Crippen LogP contribution in [0, 0.1) is 5.92 Å². The third kappa shape index (κ3) is 4.24. The van der Waals surface area contributed by atoms with Gasteiger partial charge in [-0.1, -0.05) is 32.9 Å².